The first kappa shape index (κ1) is 12.9. The van der Waals surface area contributed by atoms with Crippen molar-refractivity contribution in [2.75, 3.05) is 0 Å². The third kappa shape index (κ3) is 2.48. The van der Waals surface area contributed by atoms with E-state index >= 15 is 0 Å². The topological polar surface area (TPSA) is 0 Å². The van der Waals surface area contributed by atoms with Crippen LogP contribution in [0, 0.1) is 0 Å². The number of aryl methyl sites for hydroxylation is 1. The fourth-order valence-electron chi connectivity index (χ4n) is 1.47. The highest BCUT2D eigenvalue weighted by Crippen LogP contribution is 2.41. The lowest BCUT2D eigenvalue weighted by Crippen LogP contribution is -2.18. The minimum absolute atomic E-state index is 0.0984. The molecule has 0 aliphatic carbocycles. The number of rotatable bonds is 1. The van der Waals surface area contributed by atoms with Crippen molar-refractivity contribution in [2.24, 2.45) is 0 Å². The van der Waals surface area contributed by atoms with Crippen molar-refractivity contribution in [3.8, 4) is 0 Å². The maximum Gasteiger partial charge on any atom is 0.417 e. The van der Waals surface area contributed by atoms with Crippen LogP contribution in [-0.4, -0.2) is 0 Å². The lowest BCUT2D eigenvalue weighted by Gasteiger charge is -2.18. The first-order chi connectivity index (χ1) is 7.18. The number of alkyl halides is 6. The molecule has 1 aromatic carbocycles. The minimum atomic E-state index is -4.99. The van der Waals surface area contributed by atoms with E-state index in [0.717, 1.165) is 12.1 Å². The number of benzene rings is 1. The van der Waals surface area contributed by atoms with Crippen LogP contribution in [0.1, 0.15) is 23.6 Å². The van der Waals surface area contributed by atoms with Crippen molar-refractivity contribution in [3.05, 3.63) is 34.9 Å². The van der Waals surface area contributed by atoms with Crippen LogP contribution in [0.4, 0.5) is 26.3 Å². The Kier molecular flexibility index (Phi) is 3.21. The van der Waals surface area contributed by atoms with Crippen LogP contribution in [0.25, 0.3) is 0 Å². The van der Waals surface area contributed by atoms with Gasteiger partial charge in [0.25, 0.3) is 0 Å². The molecule has 0 atom stereocenters. The quantitative estimate of drug-likeness (QED) is 0.644. The Morgan fingerprint density at radius 3 is 1.88 bits per heavy atom. The molecule has 90 valence electrons. The van der Waals surface area contributed by atoms with E-state index in [1.165, 1.54) is 6.92 Å². The van der Waals surface area contributed by atoms with Crippen LogP contribution in [0.5, 0.6) is 0 Å². The fraction of sp³-hybridized carbons (Fsp3) is 0.400. The molecule has 16 heavy (non-hydrogen) atoms. The van der Waals surface area contributed by atoms with Gasteiger partial charge >= 0.3 is 12.4 Å². The Balaban J connectivity index is 3.51. The smallest absolute Gasteiger partial charge is 0.166 e. The van der Waals surface area contributed by atoms with Gasteiger partial charge in [0.2, 0.25) is 0 Å². The van der Waals surface area contributed by atoms with Crippen molar-refractivity contribution in [3.63, 3.8) is 0 Å². The second-order valence-corrected chi connectivity index (χ2v) is 3.19. The summed E-state index contributed by atoms with van der Waals surface area (Å²) in [6.45, 7) is 1.38. The molecular formula is C10H8F6. The lowest BCUT2D eigenvalue weighted by atomic mass is 9.98. The van der Waals surface area contributed by atoms with Gasteiger partial charge in [-0.15, -0.1) is 0 Å². The van der Waals surface area contributed by atoms with Crippen molar-refractivity contribution < 1.29 is 26.3 Å². The monoisotopic (exact) mass is 242 g/mol. The van der Waals surface area contributed by atoms with Crippen molar-refractivity contribution in [1.82, 2.24) is 0 Å². The Bertz CT molecular complexity index is 374. The van der Waals surface area contributed by atoms with E-state index in [9.17, 15) is 26.3 Å². The molecule has 0 radical (unpaired) electrons. The average molecular weight is 242 g/mol. The van der Waals surface area contributed by atoms with Gasteiger partial charge in [0, 0.05) is 0 Å². The third-order valence-corrected chi connectivity index (χ3v) is 2.12. The fourth-order valence-corrected chi connectivity index (χ4v) is 1.47. The summed E-state index contributed by atoms with van der Waals surface area (Å²) in [4.78, 5) is 0. The normalized spacial score (nSPS) is 12.9. The van der Waals surface area contributed by atoms with Crippen LogP contribution < -0.4 is 0 Å². The Labute approximate surface area is 87.9 Å². The van der Waals surface area contributed by atoms with Gasteiger partial charge in [0.05, 0.1) is 11.1 Å². The van der Waals surface area contributed by atoms with Gasteiger partial charge in [-0.25, -0.2) is 0 Å². The van der Waals surface area contributed by atoms with Crippen LogP contribution in [-0.2, 0) is 18.8 Å². The standard InChI is InChI=1S/C10H8F6/c1-2-6-4-3-5-7(9(11,12)13)8(6)10(14,15)16/h3-5H,2H2,1H3. The van der Waals surface area contributed by atoms with E-state index in [2.05, 4.69) is 0 Å². The van der Waals surface area contributed by atoms with E-state index in [4.69, 9.17) is 0 Å². The zero-order valence-electron chi connectivity index (χ0n) is 8.21. The number of hydrogen-bond acceptors (Lipinski definition) is 0. The molecule has 0 fully saturated rings. The van der Waals surface area contributed by atoms with Gasteiger partial charge in [0.15, 0.2) is 0 Å². The van der Waals surface area contributed by atoms with Gasteiger partial charge in [-0.1, -0.05) is 19.1 Å². The van der Waals surface area contributed by atoms with Crippen LogP contribution in [0.3, 0.4) is 0 Å². The summed E-state index contributed by atoms with van der Waals surface area (Å²) >= 11 is 0. The predicted molar refractivity (Wildman–Crippen MR) is 45.8 cm³/mol. The molecule has 0 aliphatic heterocycles. The molecule has 1 rings (SSSR count). The summed E-state index contributed by atoms with van der Waals surface area (Å²) < 4.78 is 74.8. The molecule has 0 spiro atoms. The second-order valence-electron chi connectivity index (χ2n) is 3.19. The molecule has 0 unspecified atom stereocenters. The molecule has 0 aromatic heterocycles. The molecular weight excluding hydrogens is 234 g/mol. The zero-order valence-corrected chi connectivity index (χ0v) is 8.21. The van der Waals surface area contributed by atoms with E-state index in [1.54, 1.807) is 0 Å². The largest absolute Gasteiger partial charge is 0.417 e. The van der Waals surface area contributed by atoms with Crippen LogP contribution in [0.2, 0.25) is 0 Å². The van der Waals surface area contributed by atoms with Gasteiger partial charge in [-0.3, -0.25) is 0 Å². The van der Waals surface area contributed by atoms with Gasteiger partial charge in [-0.2, -0.15) is 26.3 Å². The molecule has 0 nitrogen and oxygen atoms in total. The lowest BCUT2D eigenvalue weighted by molar-refractivity contribution is -0.162. The maximum atomic E-state index is 12.5. The molecule has 0 saturated heterocycles. The summed E-state index contributed by atoms with van der Waals surface area (Å²) in [5.41, 5.74) is -3.55. The van der Waals surface area contributed by atoms with E-state index in [-0.39, 0.29) is 12.0 Å². The van der Waals surface area contributed by atoms with E-state index < -0.39 is 23.5 Å². The molecule has 1 aromatic rings. The summed E-state index contributed by atoms with van der Waals surface area (Å²) in [5.74, 6) is 0. The Hall–Kier alpha value is -1.20. The highest BCUT2D eigenvalue weighted by atomic mass is 19.4. The van der Waals surface area contributed by atoms with E-state index in [1.807, 2.05) is 0 Å². The molecule has 0 saturated carbocycles. The van der Waals surface area contributed by atoms with Gasteiger partial charge < -0.3 is 0 Å². The molecule has 0 N–H and O–H groups in total. The van der Waals surface area contributed by atoms with Crippen LogP contribution >= 0.6 is 0 Å². The van der Waals surface area contributed by atoms with Gasteiger partial charge in [0.1, 0.15) is 0 Å². The SMILES string of the molecule is CCc1cccc(C(F)(F)F)c1C(F)(F)F. The Morgan fingerprint density at radius 2 is 1.50 bits per heavy atom. The average Bonchev–Trinajstić information content (AvgIpc) is 2.13. The summed E-state index contributed by atoms with van der Waals surface area (Å²) in [6.07, 6.45) is -10.1. The van der Waals surface area contributed by atoms with E-state index in [0.29, 0.717) is 6.07 Å². The van der Waals surface area contributed by atoms with Crippen molar-refractivity contribution in [1.29, 1.82) is 0 Å². The first-order valence-corrected chi connectivity index (χ1v) is 4.44. The molecule has 6 heteroatoms. The molecule has 0 aliphatic rings. The number of halogens is 6. The molecule has 0 amide bonds. The summed E-state index contributed by atoms with van der Waals surface area (Å²) in [5, 5.41) is 0. The predicted octanol–water partition coefficient (Wildman–Crippen LogP) is 4.29. The highest BCUT2D eigenvalue weighted by molar-refractivity contribution is 5.39. The minimum Gasteiger partial charge on any atom is -0.166 e. The second kappa shape index (κ2) is 3.99. The zero-order chi connectivity index (χ0) is 12.6. The third-order valence-electron chi connectivity index (χ3n) is 2.12. The van der Waals surface area contributed by atoms with Crippen LogP contribution in [0.15, 0.2) is 18.2 Å². The maximum absolute atomic E-state index is 12.5. The Morgan fingerprint density at radius 1 is 0.938 bits per heavy atom. The molecule has 0 bridgehead atoms. The number of hydrogen-bond donors (Lipinski definition) is 0. The summed E-state index contributed by atoms with van der Waals surface area (Å²) in [7, 11) is 0. The van der Waals surface area contributed by atoms with Crippen molar-refractivity contribution >= 4 is 0 Å². The highest BCUT2D eigenvalue weighted by Gasteiger charge is 2.44. The first-order valence-electron chi connectivity index (χ1n) is 4.44. The van der Waals surface area contributed by atoms with Gasteiger partial charge in [-0.05, 0) is 18.1 Å². The summed E-state index contributed by atoms with van der Waals surface area (Å²) in [6, 6.07) is 2.48. The van der Waals surface area contributed by atoms with Crippen molar-refractivity contribution in [2.45, 2.75) is 25.7 Å². The molecule has 0 heterocycles.